The molecule has 3 heteroatoms. The Bertz CT molecular complexity index is 392. The summed E-state index contributed by atoms with van der Waals surface area (Å²) in [6.07, 6.45) is 3.57. The largest absolute Gasteiger partial charge is 0.241 e. The van der Waals surface area contributed by atoms with Gasteiger partial charge in [0.2, 0.25) is 0 Å². The van der Waals surface area contributed by atoms with Crippen molar-refractivity contribution in [1.82, 2.24) is 9.61 Å². The fourth-order valence-electron chi connectivity index (χ4n) is 1.23. The van der Waals surface area contributed by atoms with Crippen LogP contribution in [0.1, 0.15) is 5.56 Å². The molecule has 2 radical (unpaired) electrons. The molecule has 0 saturated carbocycles. The molecule has 0 N–H and O–H groups in total. The van der Waals surface area contributed by atoms with E-state index in [1.165, 1.54) is 0 Å². The van der Waals surface area contributed by atoms with Crippen molar-refractivity contribution < 1.29 is 0 Å². The number of nitrogens with zero attached hydrogens (tertiary/aromatic N) is 2. The summed E-state index contributed by atoms with van der Waals surface area (Å²) in [6.45, 7) is 2.02. The minimum atomic E-state index is 0.749. The smallest absolute Gasteiger partial charge is 0.115 e. The Kier molecular flexibility index (Phi) is 1.25. The number of rotatable bonds is 0. The van der Waals surface area contributed by atoms with E-state index in [-0.39, 0.29) is 0 Å². The molecule has 0 amide bonds. The van der Waals surface area contributed by atoms with Crippen molar-refractivity contribution in [3.8, 4) is 0 Å². The van der Waals surface area contributed by atoms with Gasteiger partial charge >= 0.3 is 0 Å². The average Bonchev–Trinajstić information content (AvgIpc) is 2.34. The molecule has 2 nitrogen and oxygen atoms in total. The normalized spacial score (nSPS) is 10.6. The van der Waals surface area contributed by atoms with E-state index in [9.17, 15) is 0 Å². The fraction of sp³-hybridized carbons (Fsp3) is 0.125. The van der Waals surface area contributed by atoms with Crippen molar-refractivity contribution in [3.63, 3.8) is 0 Å². The molecule has 2 aromatic rings. The zero-order valence-electron chi connectivity index (χ0n) is 6.28. The summed E-state index contributed by atoms with van der Waals surface area (Å²) >= 11 is 0. The molecule has 0 fully saturated rings. The predicted octanol–water partition coefficient (Wildman–Crippen LogP) is 0.437. The molecular formula is C8H7BN2. The predicted molar refractivity (Wildman–Crippen MR) is 45.3 cm³/mol. The van der Waals surface area contributed by atoms with E-state index >= 15 is 0 Å². The lowest BCUT2D eigenvalue weighted by molar-refractivity contribution is 0.962. The molecular weight excluding hydrogens is 135 g/mol. The van der Waals surface area contributed by atoms with E-state index < -0.39 is 0 Å². The monoisotopic (exact) mass is 142 g/mol. The Morgan fingerprint density at radius 3 is 3.18 bits per heavy atom. The number of hydrogen-bond acceptors (Lipinski definition) is 1. The molecule has 0 aliphatic carbocycles. The van der Waals surface area contributed by atoms with E-state index in [2.05, 4.69) is 5.10 Å². The Hall–Kier alpha value is -1.25. The molecule has 11 heavy (non-hydrogen) atoms. The van der Waals surface area contributed by atoms with Gasteiger partial charge < -0.3 is 0 Å². The van der Waals surface area contributed by atoms with Crippen LogP contribution >= 0.6 is 0 Å². The highest BCUT2D eigenvalue weighted by molar-refractivity contribution is 6.32. The van der Waals surface area contributed by atoms with Gasteiger partial charge in [0, 0.05) is 12.4 Å². The molecule has 0 aliphatic rings. The highest BCUT2D eigenvalue weighted by atomic mass is 15.2. The van der Waals surface area contributed by atoms with Gasteiger partial charge in [0.05, 0.1) is 5.52 Å². The molecule has 0 bridgehead atoms. The number of aromatic nitrogens is 2. The standard InChI is InChI=1S/C8H7BN2/c1-6-4-7(9)5-11-8(6)2-3-10-11/h2-5H,1H3. The molecule has 0 aromatic carbocycles. The van der Waals surface area contributed by atoms with E-state index in [1.807, 2.05) is 25.3 Å². The van der Waals surface area contributed by atoms with Crippen molar-refractivity contribution in [3.05, 3.63) is 30.1 Å². The van der Waals surface area contributed by atoms with E-state index in [1.54, 1.807) is 10.7 Å². The van der Waals surface area contributed by atoms with Gasteiger partial charge in [-0.15, -0.1) is 0 Å². The zero-order chi connectivity index (χ0) is 7.84. The summed E-state index contributed by atoms with van der Waals surface area (Å²) in [5, 5.41) is 4.08. The van der Waals surface area contributed by atoms with Crippen molar-refractivity contribution in [2.24, 2.45) is 0 Å². The van der Waals surface area contributed by atoms with Crippen molar-refractivity contribution in [2.45, 2.75) is 6.92 Å². The van der Waals surface area contributed by atoms with Crippen molar-refractivity contribution in [1.29, 1.82) is 0 Å². The summed E-state index contributed by atoms with van der Waals surface area (Å²) in [5.74, 6) is 0. The van der Waals surface area contributed by atoms with Crippen LogP contribution in [0.15, 0.2) is 24.5 Å². The Balaban J connectivity index is 2.91. The third-order valence-electron chi connectivity index (χ3n) is 1.73. The van der Waals surface area contributed by atoms with E-state index in [0.29, 0.717) is 0 Å². The third kappa shape index (κ3) is 0.927. The highest BCUT2D eigenvalue weighted by Crippen LogP contribution is 2.05. The average molecular weight is 142 g/mol. The Morgan fingerprint density at radius 1 is 1.55 bits per heavy atom. The van der Waals surface area contributed by atoms with Crippen molar-refractivity contribution in [2.75, 3.05) is 0 Å². The van der Waals surface area contributed by atoms with Crippen LogP contribution < -0.4 is 5.46 Å². The van der Waals surface area contributed by atoms with E-state index in [0.717, 1.165) is 16.5 Å². The van der Waals surface area contributed by atoms with Gasteiger partial charge in [-0.2, -0.15) is 5.10 Å². The number of hydrogen-bond donors (Lipinski definition) is 0. The van der Waals surface area contributed by atoms with Crippen LogP contribution in [0, 0.1) is 6.92 Å². The van der Waals surface area contributed by atoms with Gasteiger partial charge in [-0.1, -0.05) is 11.5 Å². The van der Waals surface area contributed by atoms with Gasteiger partial charge in [0.15, 0.2) is 0 Å². The van der Waals surface area contributed by atoms with Crippen LogP contribution in [0.25, 0.3) is 5.52 Å². The van der Waals surface area contributed by atoms with Gasteiger partial charge in [0.1, 0.15) is 7.85 Å². The highest BCUT2D eigenvalue weighted by Gasteiger charge is 1.96. The lowest BCUT2D eigenvalue weighted by atomic mass is 9.97. The molecule has 0 saturated heterocycles. The summed E-state index contributed by atoms with van der Waals surface area (Å²) in [7, 11) is 5.62. The molecule has 2 aromatic heterocycles. The Labute approximate surface area is 66.3 Å². The summed E-state index contributed by atoms with van der Waals surface area (Å²) in [5.41, 5.74) is 3.01. The SMILES string of the molecule is [B]c1cc(C)c2ccnn2c1. The van der Waals surface area contributed by atoms with Crippen LogP contribution in [0.4, 0.5) is 0 Å². The molecule has 2 rings (SSSR count). The number of fused-ring (bicyclic) bond motifs is 1. The minimum Gasteiger partial charge on any atom is -0.241 e. The van der Waals surface area contributed by atoms with E-state index in [4.69, 9.17) is 7.85 Å². The lowest BCUT2D eigenvalue weighted by Crippen LogP contribution is -2.06. The third-order valence-corrected chi connectivity index (χ3v) is 1.73. The lowest BCUT2D eigenvalue weighted by Gasteiger charge is -1.99. The van der Waals surface area contributed by atoms with Gasteiger partial charge in [-0.3, -0.25) is 0 Å². The van der Waals surface area contributed by atoms with Crippen LogP contribution in [0.3, 0.4) is 0 Å². The van der Waals surface area contributed by atoms with Gasteiger partial charge in [-0.05, 0) is 18.6 Å². The van der Waals surface area contributed by atoms with Gasteiger partial charge in [-0.25, -0.2) is 4.52 Å². The second kappa shape index (κ2) is 2.12. The Morgan fingerprint density at radius 2 is 2.36 bits per heavy atom. The second-order valence-electron chi connectivity index (χ2n) is 2.62. The summed E-state index contributed by atoms with van der Waals surface area (Å²) in [6, 6.07) is 3.91. The minimum absolute atomic E-state index is 0.749. The zero-order valence-corrected chi connectivity index (χ0v) is 6.28. The molecule has 0 spiro atoms. The first-order chi connectivity index (χ1) is 5.27. The molecule has 2 heterocycles. The van der Waals surface area contributed by atoms with Crippen LogP contribution in [0.5, 0.6) is 0 Å². The summed E-state index contributed by atoms with van der Waals surface area (Å²) in [4.78, 5) is 0. The van der Waals surface area contributed by atoms with Crippen LogP contribution in [-0.2, 0) is 0 Å². The molecule has 0 unspecified atom stereocenters. The molecule has 0 aliphatic heterocycles. The van der Waals surface area contributed by atoms with Gasteiger partial charge in [0.25, 0.3) is 0 Å². The first-order valence-electron chi connectivity index (χ1n) is 3.47. The first kappa shape index (κ1) is 6.46. The van der Waals surface area contributed by atoms with Crippen LogP contribution in [-0.4, -0.2) is 17.5 Å². The molecule has 0 atom stereocenters. The maximum atomic E-state index is 5.62. The van der Waals surface area contributed by atoms with Crippen LogP contribution in [0.2, 0.25) is 0 Å². The molecule has 52 valence electrons. The fourth-order valence-corrected chi connectivity index (χ4v) is 1.23. The van der Waals surface area contributed by atoms with Crippen molar-refractivity contribution >= 4 is 18.8 Å². The maximum absolute atomic E-state index is 5.62. The first-order valence-corrected chi connectivity index (χ1v) is 3.47. The number of pyridine rings is 1. The summed E-state index contributed by atoms with van der Waals surface area (Å²) < 4.78 is 1.78. The topological polar surface area (TPSA) is 17.3 Å². The second-order valence-corrected chi connectivity index (χ2v) is 2.62. The maximum Gasteiger partial charge on any atom is 0.115 e. The quantitative estimate of drug-likeness (QED) is 0.487. The number of aryl methyl sites for hydroxylation is 1.